The third kappa shape index (κ3) is 19.7. The van der Waals surface area contributed by atoms with E-state index < -0.39 is 10.4 Å². The van der Waals surface area contributed by atoms with Gasteiger partial charge < -0.3 is 0 Å². The van der Waals surface area contributed by atoms with Crippen molar-refractivity contribution in [3.63, 3.8) is 0 Å². The molecule has 0 radical (unpaired) electrons. The monoisotopic (exact) mass is 604 g/mol. The first-order valence-corrected chi connectivity index (χ1v) is 18.9. The van der Waals surface area contributed by atoms with Crippen molar-refractivity contribution >= 4 is 21.2 Å². The summed E-state index contributed by atoms with van der Waals surface area (Å²) in [6, 6.07) is 11.9. The van der Waals surface area contributed by atoms with E-state index in [1.165, 1.54) is 159 Å². The zero-order valence-electron chi connectivity index (χ0n) is 27.5. The van der Waals surface area contributed by atoms with Crippen LogP contribution in [0.4, 0.5) is 0 Å². The van der Waals surface area contributed by atoms with Gasteiger partial charge >= 0.3 is 10.4 Å². The lowest BCUT2D eigenvalue weighted by Crippen LogP contribution is -2.04. The molecule has 0 fully saturated rings. The minimum absolute atomic E-state index is 1.28. The molecule has 0 atom stereocenters. The number of hydrogen-bond acceptors (Lipinski definition) is 2. The largest absolute Gasteiger partial charge is 0.394 e. The van der Waals surface area contributed by atoms with Crippen LogP contribution in [0.1, 0.15) is 172 Å². The molecule has 0 saturated carbocycles. The zero-order chi connectivity index (χ0) is 30.9. The second-order valence-corrected chi connectivity index (χ2v) is 13.2. The lowest BCUT2D eigenvalue weighted by atomic mass is 9.86. The van der Waals surface area contributed by atoms with Gasteiger partial charge in [0.25, 0.3) is 0 Å². The standard InChI is InChI=1S/C37H62.H2O4S/c1-4-7-10-13-16-19-22-27-33-32-34-28-25-26-30-36(34)37(31-24-21-18-15-12-9-6-3)35(33)29-23-20-17-14-11-8-5-2;1-5(2,3)4/h25-26,28,30,32H,4-24,27,29,31H2,1-3H3;(H2,1,2,3,4). The first kappa shape index (κ1) is 38.6. The Kier molecular flexibility index (Phi) is 22.9. The molecule has 0 aliphatic heterocycles. The van der Waals surface area contributed by atoms with Crippen LogP contribution in [0.5, 0.6) is 0 Å². The van der Waals surface area contributed by atoms with Crippen LogP contribution in [0.2, 0.25) is 0 Å². The Morgan fingerprint density at radius 1 is 0.500 bits per heavy atom. The van der Waals surface area contributed by atoms with Crippen molar-refractivity contribution in [3.05, 3.63) is 47.0 Å². The van der Waals surface area contributed by atoms with E-state index in [1.807, 2.05) is 0 Å². The van der Waals surface area contributed by atoms with Crippen LogP contribution in [-0.4, -0.2) is 17.5 Å². The van der Waals surface area contributed by atoms with Crippen molar-refractivity contribution in [2.75, 3.05) is 0 Å². The van der Waals surface area contributed by atoms with Gasteiger partial charge in [-0.1, -0.05) is 167 Å². The van der Waals surface area contributed by atoms with E-state index in [0.717, 1.165) is 0 Å². The van der Waals surface area contributed by atoms with Crippen LogP contribution in [0.25, 0.3) is 10.8 Å². The summed E-state index contributed by atoms with van der Waals surface area (Å²) in [5, 5.41) is 3.04. The molecule has 0 spiro atoms. The maximum Gasteiger partial charge on any atom is 0.394 e. The maximum absolute atomic E-state index is 8.74. The van der Waals surface area contributed by atoms with Gasteiger partial charge in [0.2, 0.25) is 0 Å². The van der Waals surface area contributed by atoms with E-state index in [4.69, 9.17) is 17.5 Å². The molecule has 0 heterocycles. The number of unbranched alkanes of at least 4 members (excludes halogenated alkanes) is 18. The van der Waals surface area contributed by atoms with Gasteiger partial charge in [0.05, 0.1) is 0 Å². The first-order valence-electron chi connectivity index (χ1n) is 17.5. The zero-order valence-corrected chi connectivity index (χ0v) is 28.3. The number of hydrogen-bond donors (Lipinski definition) is 2. The summed E-state index contributed by atoms with van der Waals surface area (Å²) in [5.41, 5.74) is 5.16. The Bertz CT molecular complexity index is 1020. The van der Waals surface area contributed by atoms with Crippen LogP contribution >= 0.6 is 0 Å². The summed E-state index contributed by atoms with van der Waals surface area (Å²) in [4.78, 5) is 0. The molecule has 4 nitrogen and oxygen atoms in total. The molecular weight excluding hydrogens is 540 g/mol. The number of fused-ring (bicyclic) bond motifs is 1. The third-order valence-electron chi connectivity index (χ3n) is 8.48. The average molecular weight is 605 g/mol. The minimum atomic E-state index is -4.67. The Hall–Kier alpha value is -1.43. The van der Waals surface area contributed by atoms with Gasteiger partial charge in [-0.2, -0.15) is 8.42 Å². The predicted octanol–water partition coefficient (Wildman–Crippen LogP) is 12.1. The topological polar surface area (TPSA) is 74.6 Å². The molecule has 2 N–H and O–H groups in total. The third-order valence-corrected chi connectivity index (χ3v) is 8.48. The molecule has 242 valence electrons. The summed E-state index contributed by atoms with van der Waals surface area (Å²) in [7, 11) is -4.67. The molecule has 0 amide bonds. The minimum Gasteiger partial charge on any atom is -0.264 e. The second kappa shape index (κ2) is 25.0. The molecule has 42 heavy (non-hydrogen) atoms. The Balaban J connectivity index is 0.00000162. The molecule has 5 heteroatoms. The lowest BCUT2D eigenvalue weighted by molar-refractivity contribution is 0.381. The smallest absolute Gasteiger partial charge is 0.264 e. The van der Waals surface area contributed by atoms with Crippen molar-refractivity contribution in [2.45, 2.75) is 175 Å². The van der Waals surface area contributed by atoms with Gasteiger partial charge in [-0.05, 0) is 66.0 Å². The molecule has 0 saturated heterocycles. The molecule has 2 aromatic carbocycles. The van der Waals surface area contributed by atoms with Crippen LogP contribution < -0.4 is 0 Å². The fraction of sp³-hybridized carbons (Fsp3) is 0.730. The molecule has 0 aliphatic rings. The van der Waals surface area contributed by atoms with Gasteiger partial charge in [0, 0.05) is 0 Å². The summed E-state index contributed by atoms with van der Waals surface area (Å²) >= 11 is 0. The number of aryl methyl sites for hydroxylation is 2. The highest BCUT2D eigenvalue weighted by atomic mass is 32.3. The molecule has 0 aliphatic carbocycles. The van der Waals surface area contributed by atoms with Crippen LogP contribution in [0.15, 0.2) is 30.3 Å². The van der Waals surface area contributed by atoms with Crippen molar-refractivity contribution < 1.29 is 17.5 Å². The SMILES string of the molecule is CCCCCCCCCc1cc2ccccc2c(CCCCCCCCC)c1CCCCCCCCC.O=S(=O)(O)O. The van der Waals surface area contributed by atoms with E-state index in [-0.39, 0.29) is 0 Å². The van der Waals surface area contributed by atoms with Gasteiger partial charge in [-0.15, -0.1) is 0 Å². The highest BCUT2D eigenvalue weighted by Crippen LogP contribution is 2.31. The van der Waals surface area contributed by atoms with Gasteiger partial charge in [0.15, 0.2) is 0 Å². The van der Waals surface area contributed by atoms with Gasteiger partial charge in [0.1, 0.15) is 0 Å². The van der Waals surface area contributed by atoms with Crippen molar-refractivity contribution in [1.29, 1.82) is 0 Å². The van der Waals surface area contributed by atoms with Crippen LogP contribution in [0, 0.1) is 0 Å². The molecule has 0 aromatic heterocycles. The molecule has 2 rings (SSSR count). The molecule has 2 aromatic rings. The van der Waals surface area contributed by atoms with E-state index in [1.54, 1.807) is 22.1 Å². The summed E-state index contributed by atoms with van der Waals surface area (Å²) in [6.07, 6.45) is 33.3. The number of rotatable bonds is 24. The van der Waals surface area contributed by atoms with Crippen molar-refractivity contribution in [3.8, 4) is 0 Å². The van der Waals surface area contributed by atoms with Gasteiger partial charge in [-0.3, -0.25) is 9.11 Å². The first-order chi connectivity index (χ1) is 20.3. The van der Waals surface area contributed by atoms with E-state index in [2.05, 4.69) is 51.1 Å². The van der Waals surface area contributed by atoms with Crippen molar-refractivity contribution in [1.82, 2.24) is 0 Å². The summed E-state index contributed by atoms with van der Waals surface area (Å²) < 4.78 is 31.6. The Morgan fingerprint density at radius 3 is 1.31 bits per heavy atom. The summed E-state index contributed by atoms with van der Waals surface area (Å²) in [5.74, 6) is 0. The predicted molar refractivity (Wildman–Crippen MR) is 183 cm³/mol. The van der Waals surface area contributed by atoms with Gasteiger partial charge in [-0.25, -0.2) is 0 Å². The van der Waals surface area contributed by atoms with Crippen LogP contribution in [0.3, 0.4) is 0 Å². The van der Waals surface area contributed by atoms with Crippen LogP contribution in [-0.2, 0) is 29.7 Å². The molecule has 0 unspecified atom stereocenters. The number of benzene rings is 2. The Morgan fingerprint density at radius 2 is 0.857 bits per heavy atom. The fourth-order valence-electron chi connectivity index (χ4n) is 6.14. The second-order valence-electron chi connectivity index (χ2n) is 12.3. The lowest BCUT2D eigenvalue weighted by Gasteiger charge is -2.19. The summed E-state index contributed by atoms with van der Waals surface area (Å²) in [6.45, 7) is 6.95. The maximum atomic E-state index is 8.74. The Labute approximate surface area is 260 Å². The highest BCUT2D eigenvalue weighted by molar-refractivity contribution is 7.79. The fourth-order valence-corrected chi connectivity index (χ4v) is 6.14. The van der Waals surface area contributed by atoms with E-state index in [0.29, 0.717) is 0 Å². The quantitative estimate of drug-likeness (QED) is 0.0923. The molecule has 0 bridgehead atoms. The highest BCUT2D eigenvalue weighted by Gasteiger charge is 2.13. The normalized spacial score (nSPS) is 11.5. The van der Waals surface area contributed by atoms with E-state index >= 15 is 0 Å². The average Bonchev–Trinajstić information content (AvgIpc) is 2.95. The molecular formula is C37H64O4S. The van der Waals surface area contributed by atoms with E-state index in [9.17, 15) is 0 Å². The van der Waals surface area contributed by atoms with Crippen molar-refractivity contribution in [2.24, 2.45) is 0 Å².